The van der Waals surface area contributed by atoms with Crippen LogP contribution in [0.25, 0.3) is 0 Å². The molecule has 0 atom stereocenters. The van der Waals surface area contributed by atoms with Gasteiger partial charge in [-0.15, -0.1) is 0 Å². The second kappa shape index (κ2) is 10.4. The molecule has 0 spiro atoms. The van der Waals surface area contributed by atoms with Crippen LogP contribution in [0.4, 0.5) is 4.39 Å². The maximum Gasteiger partial charge on any atom is 0.258 e. The summed E-state index contributed by atoms with van der Waals surface area (Å²) in [6, 6.07) is 18.7. The van der Waals surface area contributed by atoms with Crippen LogP contribution in [0.3, 0.4) is 0 Å². The Morgan fingerprint density at radius 3 is 2.39 bits per heavy atom. The van der Waals surface area contributed by atoms with Crippen molar-refractivity contribution in [2.45, 2.75) is 18.0 Å². The molecule has 3 aromatic rings. The van der Waals surface area contributed by atoms with Crippen molar-refractivity contribution in [2.75, 3.05) is 6.61 Å². The number of carbonyl (C=O) groups excluding carboxylic acids is 1. The number of nitrogens with one attached hydrogen (secondary N) is 2. The summed E-state index contributed by atoms with van der Waals surface area (Å²) in [4.78, 5) is 12.1. The largest absolute Gasteiger partial charge is 0.482 e. The molecular weight excluding hydrogens is 443 g/mol. The molecular formula is C22H20ClFN2O4S. The monoisotopic (exact) mass is 462 g/mol. The highest BCUT2D eigenvalue weighted by Crippen LogP contribution is 2.22. The predicted molar refractivity (Wildman–Crippen MR) is 116 cm³/mol. The topological polar surface area (TPSA) is 84.5 Å². The summed E-state index contributed by atoms with van der Waals surface area (Å²) in [6.07, 6.45) is 0. The number of hydrogen-bond acceptors (Lipinski definition) is 4. The molecule has 0 saturated heterocycles. The Morgan fingerprint density at radius 2 is 1.65 bits per heavy atom. The van der Waals surface area contributed by atoms with Crippen molar-refractivity contribution in [2.24, 2.45) is 0 Å². The summed E-state index contributed by atoms with van der Waals surface area (Å²) in [7, 11) is -3.81. The summed E-state index contributed by atoms with van der Waals surface area (Å²) in [5.74, 6) is -0.415. The van der Waals surface area contributed by atoms with E-state index in [1.807, 2.05) is 0 Å². The fourth-order valence-corrected chi connectivity index (χ4v) is 3.97. The number of para-hydroxylation sites is 1. The minimum atomic E-state index is -3.81. The molecule has 0 aliphatic rings. The molecule has 0 aromatic heterocycles. The smallest absolute Gasteiger partial charge is 0.258 e. The van der Waals surface area contributed by atoms with Crippen molar-refractivity contribution in [3.8, 4) is 5.75 Å². The van der Waals surface area contributed by atoms with Crippen molar-refractivity contribution in [3.63, 3.8) is 0 Å². The molecule has 31 heavy (non-hydrogen) atoms. The van der Waals surface area contributed by atoms with Crippen molar-refractivity contribution >= 4 is 27.5 Å². The van der Waals surface area contributed by atoms with Gasteiger partial charge in [0.05, 0.1) is 9.92 Å². The first-order chi connectivity index (χ1) is 14.8. The van der Waals surface area contributed by atoms with Gasteiger partial charge < -0.3 is 10.1 Å². The Bertz CT molecular complexity index is 1170. The molecule has 0 radical (unpaired) electrons. The fraction of sp³-hybridized carbons (Fsp3) is 0.136. The zero-order valence-electron chi connectivity index (χ0n) is 16.3. The number of halogens is 2. The molecule has 0 saturated carbocycles. The number of carbonyl (C=O) groups is 1. The van der Waals surface area contributed by atoms with Gasteiger partial charge in [-0.3, -0.25) is 4.79 Å². The highest BCUT2D eigenvalue weighted by Gasteiger charge is 2.15. The van der Waals surface area contributed by atoms with Gasteiger partial charge in [0.15, 0.2) is 6.61 Å². The molecule has 0 heterocycles. The number of rotatable bonds is 9. The maximum absolute atomic E-state index is 13.3. The van der Waals surface area contributed by atoms with Gasteiger partial charge in [0.25, 0.3) is 5.91 Å². The second-order valence-corrected chi connectivity index (χ2v) is 8.77. The number of amides is 1. The van der Waals surface area contributed by atoms with Crippen LogP contribution >= 0.6 is 11.6 Å². The lowest BCUT2D eigenvalue weighted by atomic mass is 10.2. The maximum atomic E-state index is 13.3. The van der Waals surface area contributed by atoms with Crippen molar-refractivity contribution in [1.29, 1.82) is 0 Å². The Balaban J connectivity index is 1.55. The van der Waals surface area contributed by atoms with E-state index < -0.39 is 15.8 Å². The van der Waals surface area contributed by atoms with Crippen molar-refractivity contribution in [1.82, 2.24) is 10.0 Å². The van der Waals surface area contributed by atoms with Crippen LogP contribution in [-0.2, 0) is 27.9 Å². The van der Waals surface area contributed by atoms with Gasteiger partial charge in [-0.2, -0.15) is 0 Å². The lowest BCUT2D eigenvalue weighted by Gasteiger charge is -2.10. The summed E-state index contributed by atoms with van der Waals surface area (Å²) >= 11 is 5.98. The van der Waals surface area contributed by atoms with Crippen LogP contribution in [0.2, 0.25) is 5.02 Å². The lowest BCUT2D eigenvalue weighted by Crippen LogP contribution is -2.28. The van der Waals surface area contributed by atoms with Crippen molar-refractivity contribution < 1.29 is 22.3 Å². The standard InChI is InChI=1S/C22H20ClFN2O4S/c23-20-9-1-2-10-21(20)30-15-22(27)25-13-17-6-4-8-19(12-17)31(28,29)26-14-16-5-3-7-18(24)11-16/h1-12,26H,13-15H2,(H,25,27). The van der Waals surface area contributed by atoms with Gasteiger partial charge in [-0.1, -0.05) is 48.0 Å². The van der Waals surface area contributed by atoms with Gasteiger partial charge in [-0.25, -0.2) is 17.5 Å². The average molecular weight is 463 g/mol. The van der Waals surface area contributed by atoms with Gasteiger partial charge in [0, 0.05) is 13.1 Å². The molecule has 0 bridgehead atoms. The highest BCUT2D eigenvalue weighted by atomic mass is 35.5. The number of sulfonamides is 1. The van der Waals surface area contributed by atoms with Crippen LogP contribution in [-0.4, -0.2) is 20.9 Å². The molecule has 0 aliphatic heterocycles. The van der Waals surface area contributed by atoms with Crippen LogP contribution in [0, 0.1) is 5.82 Å². The van der Waals surface area contributed by atoms with E-state index in [0.29, 0.717) is 21.9 Å². The first-order valence-electron chi connectivity index (χ1n) is 9.30. The molecule has 0 fully saturated rings. The van der Waals surface area contributed by atoms with Crippen LogP contribution < -0.4 is 14.8 Å². The summed E-state index contributed by atoms with van der Waals surface area (Å²) in [5, 5.41) is 3.07. The predicted octanol–water partition coefficient (Wildman–Crippen LogP) is 3.65. The van der Waals surface area contributed by atoms with E-state index in [-0.39, 0.29) is 30.5 Å². The number of hydrogen-bond donors (Lipinski definition) is 2. The van der Waals surface area contributed by atoms with Gasteiger partial charge >= 0.3 is 0 Å². The van der Waals surface area contributed by atoms with E-state index >= 15 is 0 Å². The van der Waals surface area contributed by atoms with E-state index in [4.69, 9.17) is 16.3 Å². The summed E-state index contributed by atoms with van der Waals surface area (Å²) in [6.45, 7) is -0.144. The third-order valence-corrected chi connectivity index (χ3v) is 5.96. The number of ether oxygens (including phenoxy) is 1. The van der Waals surface area contributed by atoms with E-state index in [1.54, 1.807) is 42.5 Å². The summed E-state index contributed by atoms with van der Waals surface area (Å²) < 4.78 is 46.2. The van der Waals surface area contributed by atoms with Crippen LogP contribution in [0.5, 0.6) is 5.75 Å². The Labute approximate surface area is 185 Å². The molecule has 1 amide bonds. The van der Waals surface area contributed by atoms with E-state index in [9.17, 15) is 17.6 Å². The van der Waals surface area contributed by atoms with E-state index in [1.165, 1.54) is 30.3 Å². The van der Waals surface area contributed by atoms with Gasteiger partial charge in [0.2, 0.25) is 10.0 Å². The highest BCUT2D eigenvalue weighted by molar-refractivity contribution is 7.89. The van der Waals surface area contributed by atoms with E-state index in [0.717, 1.165) is 0 Å². The third-order valence-electron chi connectivity index (χ3n) is 4.25. The molecule has 0 aliphatic carbocycles. The second-order valence-electron chi connectivity index (χ2n) is 6.60. The molecule has 3 aromatic carbocycles. The van der Waals surface area contributed by atoms with Crippen LogP contribution in [0.15, 0.2) is 77.7 Å². The molecule has 6 nitrogen and oxygen atoms in total. The molecule has 9 heteroatoms. The normalized spacial score (nSPS) is 11.2. The molecule has 0 unspecified atom stereocenters. The van der Waals surface area contributed by atoms with Crippen molar-refractivity contribution in [3.05, 3.63) is 94.8 Å². The Morgan fingerprint density at radius 1 is 0.935 bits per heavy atom. The zero-order chi connectivity index (χ0) is 22.3. The van der Waals surface area contributed by atoms with Gasteiger partial charge in [-0.05, 0) is 47.5 Å². The first kappa shape index (κ1) is 22.7. The molecule has 162 valence electrons. The quantitative estimate of drug-likeness (QED) is 0.508. The number of benzene rings is 3. The Hall–Kier alpha value is -2.94. The molecule has 3 rings (SSSR count). The summed E-state index contributed by atoms with van der Waals surface area (Å²) in [5.41, 5.74) is 1.10. The Kier molecular flexibility index (Phi) is 7.62. The zero-order valence-corrected chi connectivity index (χ0v) is 17.9. The third kappa shape index (κ3) is 6.78. The SMILES string of the molecule is O=C(COc1ccccc1Cl)NCc1cccc(S(=O)(=O)NCc2cccc(F)c2)c1. The average Bonchev–Trinajstić information content (AvgIpc) is 2.76. The van der Waals surface area contributed by atoms with Crippen LogP contribution in [0.1, 0.15) is 11.1 Å². The minimum Gasteiger partial charge on any atom is -0.482 e. The molecule has 2 N–H and O–H groups in total. The van der Waals surface area contributed by atoms with E-state index in [2.05, 4.69) is 10.0 Å². The lowest BCUT2D eigenvalue weighted by molar-refractivity contribution is -0.123. The van der Waals surface area contributed by atoms with Gasteiger partial charge in [0.1, 0.15) is 11.6 Å². The minimum absolute atomic E-state index is 0.0412. The fourth-order valence-electron chi connectivity index (χ4n) is 2.69. The first-order valence-corrected chi connectivity index (χ1v) is 11.2.